The first-order chi connectivity index (χ1) is 14.3. The summed E-state index contributed by atoms with van der Waals surface area (Å²) < 4.78 is 19.2. The quantitative estimate of drug-likeness (QED) is 0.521. The number of methoxy groups -OCH3 is 1. The molecular formula is C22H28FN5O2. The molecule has 1 unspecified atom stereocenters. The average Bonchev–Trinajstić information content (AvgIpc) is 3.18. The molecule has 0 saturated carbocycles. The molecule has 3 N–H and O–H groups in total. The van der Waals surface area contributed by atoms with Crippen molar-refractivity contribution in [3.05, 3.63) is 41.6 Å². The standard InChI is InChI=1S/C22H28FN5O2/c1-13(7-5-6-8-28(2)3)15-10-16(14-9-17(23)22(30-4)25-11-14)19-20(27-12-26-19)18(15)21(24)29/h9-13H,5-8H2,1-4H3,(H2,24,29)(H,26,27). The van der Waals surface area contributed by atoms with Crippen LogP contribution in [0.25, 0.3) is 22.2 Å². The summed E-state index contributed by atoms with van der Waals surface area (Å²) in [7, 11) is 5.47. The van der Waals surface area contributed by atoms with Crippen LogP contribution in [0.4, 0.5) is 4.39 Å². The molecule has 0 saturated heterocycles. The number of rotatable bonds is 9. The number of hydrogen-bond acceptors (Lipinski definition) is 5. The van der Waals surface area contributed by atoms with Crippen LogP contribution in [0.1, 0.15) is 48.0 Å². The summed E-state index contributed by atoms with van der Waals surface area (Å²) in [6.45, 7) is 3.09. The number of primary amides is 1. The third kappa shape index (κ3) is 4.43. The summed E-state index contributed by atoms with van der Waals surface area (Å²) in [5.74, 6) is -1.04. The number of ether oxygens (including phenoxy) is 1. The Hall–Kier alpha value is -3.00. The van der Waals surface area contributed by atoms with E-state index in [-0.39, 0.29) is 11.8 Å². The highest BCUT2D eigenvalue weighted by atomic mass is 19.1. The zero-order chi connectivity index (χ0) is 21.8. The van der Waals surface area contributed by atoms with Crippen molar-refractivity contribution in [2.24, 2.45) is 5.73 Å². The third-order valence-electron chi connectivity index (χ3n) is 5.31. The molecule has 0 aliphatic heterocycles. The summed E-state index contributed by atoms with van der Waals surface area (Å²) in [4.78, 5) is 25.9. The molecule has 0 radical (unpaired) electrons. The summed E-state index contributed by atoms with van der Waals surface area (Å²) in [5, 5.41) is 0. The van der Waals surface area contributed by atoms with Crippen LogP contribution in [0.5, 0.6) is 5.88 Å². The highest BCUT2D eigenvalue weighted by Gasteiger charge is 2.23. The highest BCUT2D eigenvalue weighted by molar-refractivity contribution is 6.09. The number of hydrogen-bond donors (Lipinski definition) is 2. The lowest BCUT2D eigenvalue weighted by Crippen LogP contribution is -2.16. The number of fused-ring (bicyclic) bond motifs is 1. The van der Waals surface area contributed by atoms with Gasteiger partial charge in [0.15, 0.2) is 5.82 Å². The van der Waals surface area contributed by atoms with Crippen molar-refractivity contribution in [3.8, 4) is 17.0 Å². The number of benzene rings is 1. The van der Waals surface area contributed by atoms with Crippen LogP contribution in [0, 0.1) is 5.82 Å². The Morgan fingerprint density at radius 1 is 1.30 bits per heavy atom. The van der Waals surface area contributed by atoms with Crippen molar-refractivity contribution < 1.29 is 13.9 Å². The lowest BCUT2D eigenvalue weighted by Gasteiger charge is -2.18. The Bertz CT molecular complexity index is 1050. The molecule has 3 rings (SSSR count). The second kappa shape index (κ2) is 9.21. The average molecular weight is 413 g/mol. The van der Waals surface area contributed by atoms with Crippen molar-refractivity contribution >= 4 is 16.9 Å². The fourth-order valence-electron chi connectivity index (χ4n) is 3.76. The van der Waals surface area contributed by atoms with E-state index in [1.165, 1.54) is 19.5 Å². The van der Waals surface area contributed by atoms with Crippen LogP contribution in [0.3, 0.4) is 0 Å². The van der Waals surface area contributed by atoms with Gasteiger partial charge < -0.3 is 20.4 Å². The van der Waals surface area contributed by atoms with Gasteiger partial charge in [0, 0.05) is 17.3 Å². The van der Waals surface area contributed by atoms with E-state index < -0.39 is 11.7 Å². The number of nitrogens with two attached hydrogens (primary N) is 1. The molecule has 2 aromatic heterocycles. The molecule has 0 aliphatic carbocycles. The minimum absolute atomic E-state index is 0.0692. The van der Waals surface area contributed by atoms with E-state index >= 15 is 0 Å². The molecule has 8 heteroatoms. The van der Waals surface area contributed by atoms with Gasteiger partial charge in [0.1, 0.15) is 0 Å². The van der Waals surface area contributed by atoms with Crippen LogP contribution < -0.4 is 10.5 Å². The van der Waals surface area contributed by atoms with E-state index in [0.29, 0.717) is 27.7 Å². The summed E-state index contributed by atoms with van der Waals surface area (Å²) in [6, 6.07) is 3.26. The number of unbranched alkanes of at least 4 members (excludes halogenated alkanes) is 1. The van der Waals surface area contributed by atoms with Crippen LogP contribution in [0.15, 0.2) is 24.7 Å². The van der Waals surface area contributed by atoms with E-state index in [2.05, 4.69) is 40.9 Å². The van der Waals surface area contributed by atoms with Crippen molar-refractivity contribution in [3.63, 3.8) is 0 Å². The van der Waals surface area contributed by atoms with Gasteiger partial charge in [-0.1, -0.05) is 13.3 Å². The summed E-state index contributed by atoms with van der Waals surface area (Å²) >= 11 is 0. The van der Waals surface area contributed by atoms with Crippen molar-refractivity contribution in [1.29, 1.82) is 0 Å². The summed E-state index contributed by atoms with van der Waals surface area (Å²) in [5.41, 5.74) is 9.38. The lowest BCUT2D eigenvalue weighted by molar-refractivity contribution is 0.100. The zero-order valence-electron chi connectivity index (χ0n) is 17.8. The molecule has 0 aliphatic rings. The van der Waals surface area contributed by atoms with Crippen molar-refractivity contribution in [2.75, 3.05) is 27.7 Å². The summed E-state index contributed by atoms with van der Waals surface area (Å²) in [6.07, 6.45) is 6.05. The van der Waals surface area contributed by atoms with Crippen molar-refractivity contribution in [1.82, 2.24) is 19.9 Å². The number of aromatic amines is 1. The molecule has 1 amide bonds. The monoisotopic (exact) mass is 413 g/mol. The number of aromatic nitrogens is 3. The van der Waals surface area contributed by atoms with Gasteiger partial charge in [0.25, 0.3) is 5.91 Å². The fourth-order valence-corrected chi connectivity index (χ4v) is 3.76. The number of H-pyrrole nitrogens is 1. The maximum absolute atomic E-state index is 14.3. The number of carbonyl (C=O) groups is 1. The topological polar surface area (TPSA) is 97.1 Å². The van der Waals surface area contributed by atoms with Gasteiger partial charge in [-0.2, -0.15) is 0 Å². The fraction of sp³-hybridized carbons (Fsp3) is 0.409. The molecule has 1 atom stereocenters. The van der Waals surface area contributed by atoms with Gasteiger partial charge in [0.05, 0.1) is 30.0 Å². The van der Waals surface area contributed by atoms with E-state index in [4.69, 9.17) is 10.5 Å². The Labute approximate surface area is 175 Å². The molecule has 2 heterocycles. The first-order valence-electron chi connectivity index (χ1n) is 9.97. The highest BCUT2D eigenvalue weighted by Crippen LogP contribution is 2.36. The maximum atomic E-state index is 14.3. The van der Waals surface area contributed by atoms with Gasteiger partial charge in [-0.05, 0) is 57.1 Å². The minimum atomic E-state index is -0.559. The first-order valence-corrected chi connectivity index (χ1v) is 9.97. The maximum Gasteiger partial charge on any atom is 0.251 e. The molecule has 30 heavy (non-hydrogen) atoms. The normalized spacial score (nSPS) is 12.5. The first kappa shape index (κ1) is 21.7. The number of amides is 1. The smallest absolute Gasteiger partial charge is 0.251 e. The molecule has 0 bridgehead atoms. The SMILES string of the molecule is COc1ncc(-c2cc(C(C)CCCCN(C)C)c(C(N)=O)c3[nH]cnc23)cc1F. The zero-order valence-corrected chi connectivity index (χ0v) is 17.8. The van der Waals surface area contributed by atoms with E-state index in [0.717, 1.165) is 31.4 Å². The minimum Gasteiger partial charge on any atom is -0.479 e. The number of halogens is 1. The largest absolute Gasteiger partial charge is 0.479 e. The van der Waals surface area contributed by atoms with Gasteiger partial charge in [-0.25, -0.2) is 14.4 Å². The van der Waals surface area contributed by atoms with E-state index in [9.17, 15) is 9.18 Å². The molecule has 0 fully saturated rings. The predicted molar refractivity (Wildman–Crippen MR) is 115 cm³/mol. The predicted octanol–water partition coefficient (Wildman–Crippen LogP) is 3.71. The van der Waals surface area contributed by atoms with E-state index in [1.807, 2.05) is 6.07 Å². The third-order valence-corrected chi connectivity index (χ3v) is 5.31. The van der Waals surface area contributed by atoms with Crippen LogP contribution in [-0.4, -0.2) is 53.5 Å². The van der Waals surface area contributed by atoms with Gasteiger partial charge >= 0.3 is 0 Å². The van der Waals surface area contributed by atoms with Crippen LogP contribution >= 0.6 is 0 Å². The molecule has 0 spiro atoms. The van der Waals surface area contributed by atoms with Crippen molar-refractivity contribution in [2.45, 2.75) is 32.1 Å². The molecule has 1 aromatic carbocycles. The number of pyridine rings is 1. The Morgan fingerprint density at radius 2 is 2.07 bits per heavy atom. The lowest BCUT2D eigenvalue weighted by atomic mass is 9.87. The molecule has 3 aromatic rings. The van der Waals surface area contributed by atoms with Gasteiger partial charge in [0.2, 0.25) is 5.88 Å². The number of nitrogens with zero attached hydrogens (tertiary/aromatic N) is 3. The van der Waals surface area contributed by atoms with Gasteiger partial charge in [-0.15, -0.1) is 0 Å². The van der Waals surface area contributed by atoms with Crippen LogP contribution in [0.2, 0.25) is 0 Å². The molecular weight excluding hydrogens is 385 g/mol. The van der Waals surface area contributed by atoms with Gasteiger partial charge in [-0.3, -0.25) is 4.79 Å². The molecule has 160 valence electrons. The number of imidazole rings is 1. The second-order valence-electron chi connectivity index (χ2n) is 7.79. The van der Waals surface area contributed by atoms with E-state index in [1.54, 1.807) is 6.20 Å². The molecule has 7 nitrogen and oxygen atoms in total. The van der Waals surface area contributed by atoms with Crippen LogP contribution in [-0.2, 0) is 0 Å². The Morgan fingerprint density at radius 3 is 2.70 bits per heavy atom. The Kier molecular flexibility index (Phi) is 6.66. The number of carbonyl (C=O) groups excluding carboxylic acids is 1. The second-order valence-corrected chi connectivity index (χ2v) is 7.79. The Balaban J connectivity index is 2.06. The number of nitrogens with one attached hydrogen (secondary N) is 1.